The molecule has 6 atom stereocenters. The zero-order chi connectivity index (χ0) is 33.4. The molecule has 4 N–H and O–H groups in total. The van der Waals surface area contributed by atoms with E-state index in [4.69, 9.17) is 4.74 Å². The van der Waals surface area contributed by atoms with Gasteiger partial charge in [-0.25, -0.2) is 0 Å². The Morgan fingerprint density at radius 3 is 2.24 bits per heavy atom. The third-order valence-corrected chi connectivity index (χ3v) is 8.59. The largest absolute Gasteiger partial charge is 0.508 e. The summed E-state index contributed by atoms with van der Waals surface area (Å²) in [6, 6.07) is 8.17. The predicted molar refractivity (Wildman–Crippen MR) is 174 cm³/mol. The second-order valence-electron chi connectivity index (χ2n) is 12.2. The van der Waals surface area contributed by atoms with Crippen LogP contribution in [-0.2, 0) is 30.3 Å². The van der Waals surface area contributed by atoms with Crippen LogP contribution in [0.3, 0.4) is 0 Å². The summed E-state index contributed by atoms with van der Waals surface area (Å²) in [6.07, 6.45) is 2.63. The number of ether oxygens (including phenoxy) is 1. The summed E-state index contributed by atoms with van der Waals surface area (Å²) in [4.78, 5) is 55.2. The predicted octanol–water partition coefficient (Wildman–Crippen LogP) is 4.93. The maximum atomic E-state index is 14.0. The average Bonchev–Trinajstić information content (AvgIpc) is 2.95. The highest BCUT2D eigenvalue weighted by atomic mass is 79.9. The lowest BCUT2D eigenvalue weighted by Crippen LogP contribution is -2.55. The Morgan fingerprint density at radius 1 is 0.933 bits per heavy atom. The molecule has 0 saturated heterocycles. The quantitative estimate of drug-likeness (QED) is 0.265. The molecule has 10 nitrogen and oxygen atoms in total. The summed E-state index contributed by atoms with van der Waals surface area (Å²) in [5.41, 5.74) is 2.24. The third-order valence-electron chi connectivity index (χ3n) is 7.95. The van der Waals surface area contributed by atoms with E-state index in [9.17, 15) is 29.4 Å². The molecule has 45 heavy (non-hydrogen) atoms. The van der Waals surface area contributed by atoms with E-state index >= 15 is 0 Å². The number of likely N-dealkylation sites (N-methyl/N-ethyl adjacent to an activating group) is 1. The number of hydrogen-bond donors (Lipinski definition) is 4. The van der Waals surface area contributed by atoms with Crippen LogP contribution in [0.2, 0.25) is 0 Å². The molecule has 0 radical (unpaired) electrons. The molecule has 1 aliphatic heterocycles. The lowest BCUT2D eigenvalue weighted by Gasteiger charge is -2.32. The molecular weight excluding hydrogens is 642 g/mol. The van der Waals surface area contributed by atoms with Gasteiger partial charge in [0.1, 0.15) is 23.6 Å². The van der Waals surface area contributed by atoms with Crippen molar-refractivity contribution in [3.05, 3.63) is 69.7 Å². The zero-order valence-electron chi connectivity index (χ0n) is 26.7. The highest BCUT2D eigenvalue weighted by molar-refractivity contribution is 9.10. The number of nitrogens with one attached hydrogen (secondary N) is 2. The van der Waals surface area contributed by atoms with Crippen molar-refractivity contribution >= 4 is 39.6 Å². The number of carbonyl (C=O) groups excluding carboxylic acids is 4. The van der Waals surface area contributed by atoms with Crippen molar-refractivity contribution in [2.75, 3.05) is 7.05 Å². The monoisotopic (exact) mass is 685 g/mol. The highest BCUT2D eigenvalue weighted by Crippen LogP contribution is 2.27. The van der Waals surface area contributed by atoms with E-state index in [1.165, 1.54) is 30.1 Å². The number of allylic oxidation sites excluding steroid dienone is 2. The van der Waals surface area contributed by atoms with Crippen molar-refractivity contribution in [3.8, 4) is 11.5 Å². The summed E-state index contributed by atoms with van der Waals surface area (Å²) in [7, 11) is 1.50. The Kier molecular flexibility index (Phi) is 12.6. The first-order valence-electron chi connectivity index (χ1n) is 15.1. The van der Waals surface area contributed by atoms with Crippen LogP contribution in [0, 0.1) is 11.8 Å². The first-order chi connectivity index (χ1) is 21.1. The number of nitrogens with zero attached hydrogens (tertiary/aromatic N) is 1. The van der Waals surface area contributed by atoms with E-state index < -0.39 is 47.9 Å². The van der Waals surface area contributed by atoms with Gasteiger partial charge >= 0.3 is 5.97 Å². The summed E-state index contributed by atoms with van der Waals surface area (Å²) < 4.78 is 6.17. The Bertz CT molecular complexity index is 1410. The van der Waals surface area contributed by atoms with Crippen LogP contribution in [0.5, 0.6) is 11.5 Å². The first-order valence-corrected chi connectivity index (χ1v) is 15.9. The van der Waals surface area contributed by atoms with E-state index in [1.54, 1.807) is 38.1 Å². The van der Waals surface area contributed by atoms with Crippen LogP contribution >= 0.6 is 15.9 Å². The molecule has 0 spiro atoms. The van der Waals surface area contributed by atoms with Crippen LogP contribution in [0.1, 0.15) is 71.0 Å². The van der Waals surface area contributed by atoms with E-state index in [-0.39, 0.29) is 36.2 Å². The second kappa shape index (κ2) is 15.9. The minimum atomic E-state index is -1.05. The van der Waals surface area contributed by atoms with Gasteiger partial charge in [0.15, 0.2) is 0 Å². The van der Waals surface area contributed by atoms with Crippen LogP contribution in [0.15, 0.2) is 58.6 Å². The lowest BCUT2D eigenvalue weighted by molar-refractivity contribution is -0.149. The maximum absolute atomic E-state index is 14.0. The van der Waals surface area contributed by atoms with Gasteiger partial charge in [-0.05, 0) is 90.9 Å². The molecular formula is C34H44BrN3O7. The van der Waals surface area contributed by atoms with Crippen LogP contribution < -0.4 is 10.6 Å². The van der Waals surface area contributed by atoms with Gasteiger partial charge in [-0.2, -0.15) is 0 Å². The van der Waals surface area contributed by atoms with Gasteiger partial charge in [-0.3, -0.25) is 19.2 Å². The number of phenolic OH excluding ortho intramolecular Hbond substituents is 2. The number of aromatic hydroxyl groups is 2. The maximum Gasteiger partial charge on any atom is 0.308 e. The summed E-state index contributed by atoms with van der Waals surface area (Å²) >= 11 is 3.30. The molecule has 2 aromatic carbocycles. The molecule has 0 aromatic heterocycles. The fourth-order valence-electron chi connectivity index (χ4n) is 5.62. The molecule has 0 aliphatic carbocycles. The van der Waals surface area contributed by atoms with Gasteiger partial charge in [0.05, 0.1) is 23.0 Å². The number of rotatable bonds is 3. The molecule has 3 amide bonds. The topological polar surface area (TPSA) is 145 Å². The van der Waals surface area contributed by atoms with Gasteiger partial charge < -0.3 is 30.5 Å². The number of cyclic esters (lactones) is 1. The van der Waals surface area contributed by atoms with Gasteiger partial charge in [0, 0.05) is 19.4 Å². The number of phenols is 2. The summed E-state index contributed by atoms with van der Waals surface area (Å²) in [6.45, 7) is 9.17. The molecule has 0 saturated carbocycles. The minimum absolute atomic E-state index is 0.0261. The van der Waals surface area contributed by atoms with E-state index in [1.807, 2.05) is 20.8 Å². The number of amides is 3. The standard InChI is InChI=1S/C34H44BrN3O7/c1-19-13-20(2)15-22(4)45-31(41)18-28(25-8-10-26(39)11-9-25)37-33(43)29(17-24-7-12-30(40)27(35)16-24)38(6)34(44)23(5)36-32(42)21(3)14-19/h7-13,16,20-23,28-29,39-40H,14-15,17-18H2,1-6H3,(H,36,42)(H,37,43)/t20-,21-,22-,23-,28+,29+/m0/s1. The van der Waals surface area contributed by atoms with Crippen molar-refractivity contribution in [3.63, 3.8) is 0 Å². The number of halogens is 1. The van der Waals surface area contributed by atoms with Crippen molar-refractivity contribution in [1.29, 1.82) is 0 Å². The Labute approximate surface area is 273 Å². The van der Waals surface area contributed by atoms with Crippen LogP contribution in [0.25, 0.3) is 0 Å². The number of benzene rings is 2. The second-order valence-corrected chi connectivity index (χ2v) is 13.0. The van der Waals surface area contributed by atoms with Gasteiger partial charge in [-0.1, -0.05) is 43.7 Å². The van der Waals surface area contributed by atoms with Crippen LogP contribution in [-0.4, -0.2) is 64.0 Å². The molecule has 2 aromatic rings. The molecule has 1 aliphatic rings. The number of esters is 1. The Balaban J connectivity index is 2.03. The van der Waals surface area contributed by atoms with E-state index in [0.29, 0.717) is 28.4 Å². The van der Waals surface area contributed by atoms with Crippen molar-refractivity contribution in [2.45, 2.75) is 84.5 Å². The van der Waals surface area contributed by atoms with Gasteiger partial charge in [0.2, 0.25) is 17.7 Å². The molecule has 3 rings (SSSR count). The van der Waals surface area contributed by atoms with Crippen molar-refractivity contribution in [2.24, 2.45) is 11.8 Å². The fourth-order valence-corrected chi connectivity index (χ4v) is 6.04. The van der Waals surface area contributed by atoms with Crippen molar-refractivity contribution < 1.29 is 34.1 Å². The fraction of sp³-hybridized carbons (Fsp3) is 0.471. The smallest absolute Gasteiger partial charge is 0.308 e. The van der Waals surface area contributed by atoms with E-state index in [0.717, 1.165) is 5.57 Å². The molecule has 244 valence electrons. The number of carbonyl (C=O) groups is 4. The molecule has 11 heteroatoms. The molecule has 0 fully saturated rings. The van der Waals surface area contributed by atoms with E-state index in [2.05, 4.69) is 32.6 Å². The van der Waals surface area contributed by atoms with Crippen molar-refractivity contribution in [1.82, 2.24) is 15.5 Å². The third kappa shape index (κ3) is 10.3. The van der Waals surface area contributed by atoms with Crippen LogP contribution in [0.4, 0.5) is 0 Å². The summed E-state index contributed by atoms with van der Waals surface area (Å²) in [5, 5.41) is 25.6. The lowest BCUT2D eigenvalue weighted by atomic mass is 9.95. The zero-order valence-corrected chi connectivity index (χ0v) is 28.3. The van der Waals surface area contributed by atoms with Gasteiger partial charge in [-0.15, -0.1) is 0 Å². The average molecular weight is 687 g/mol. The summed E-state index contributed by atoms with van der Waals surface area (Å²) in [5.74, 6) is -2.06. The minimum Gasteiger partial charge on any atom is -0.508 e. The molecule has 1 heterocycles. The van der Waals surface area contributed by atoms with Gasteiger partial charge in [0.25, 0.3) is 0 Å². The Hall–Kier alpha value is -3.86. The normalized spacial score (nSPS) is 26.5. The Morgan fingerprint density at radius 2 is 1.60 bits per heavy atom. The number of hydrogen-bond acceptors (Lipinski definition) is 7. The molecule has 0 unspecified atom stereocenters. The first kappa shape index (κ1) is 35.6. The highest BCUT2D eigenvalue weighted by Gasteiger charge is 2.33. The SMILES string of the molecule is CC1=C[C@H](C)C[C@H](C)OC(=O)C[C@H](c2ccc(O)cc2)NC(=O)[C@@H](Cc2ccc(O)c(Br)c2)N(C)C(=O)[C@H](C)NC(=O)[C@@H](C)C1. The molecule has 0 bridgehead atoms.